The molecule has 0 radical (unpaired) electrons. The average molecular weight is 317 g/mol. The Hall–Kier alpha value is -0.430. The minimum atomic E-state index is -3.44. The zero-order valence-electron chi connectivity index (χ0n) is 11.9. The number of aliphatic hydroxyl groups excluding tert-OH is 1. The van der Waals surface area contributed by atoms with Crippen LogP contribution in [0.15, 0.2) is 10.3 Å². The van der Waals surface area contributed by atoms with Crippen LogP contribution >= 0.6 is 11.3 Å². The molecule has 1 aliphatic rings. The van der Waals surface area contributed by atoms with Gasteiger partial charge in [-0.1, -0.05) is 32.1 Å². The smallest absolute Gasteiger partial charge is 0.250 e. The lowest BCUT2D eigenvalue weighted by atomic mass is 9.97. The van der Waals surface area contributed by atoms with Crippen molar-refractivity contribution in [3.63, 3.8) is 0 Å². The number of sulfonamides is 1. The summed E-state index contributed by atoms with van der Waals surface area (Å²) < 4.78 is 28.0. The van der Waals surface area contributed by atoms with Crippen molar-refractivity contribution in [2.24, 2.45) is 0 Å². The molecule has 0 saturated heterocycles. The Kier molecular flexibility index (Phi) is 5.60. The van der Waals surface area contributed by atoms with E-state index in [1.807, 2.05) is 6.92 Å². The largest absolute Gasteiger partial charge is 0.391 e. The standard InChI is InChI=1S/C14H23NO3S2/c1-11-9-14(19-13(11)10-16)20(17,18)15-12-7-5-3-2-4-6-8-12/h9,12,15-16H,2-8,10H2,1H3. The highest BCUT2D eigenvalue weighted by molar-refractivity contribution is 7.91. The Morgan fingerprint density at radius 1 is 1.25 bits per heavy atom. The molecule has 0 unspecified atom stereocenters. The van der Waals surface area contributed by atoms with Crippen LogP contribution < -0.4 is 4.72 Å². The molecule has 0 bridgehead atoms. The van der Waals surface area contributed by atoms with Crippen LogP contribution in [0.5, 0.6) is 0 Å². The Balaban J connectivity index is 2.08. The van der Waals surface area contributed by atoms with E-state index in [9.17, 15) is 13.5 Å². The second kappa shape index (κ2) is 7.02. The Morgan fingerprint density at radius 2 is 1.85 bits per heavy atom. The maximum absolute atomic E-state index is 12.4. The van der Waals surface area contributed by atoms with Crippen LogP contribution in [0, 0.1) is 6.92 Å². The van der Waals surface area contributed by atoms with Crippen LogP contribution in [-0.4, -0.2) is 19.6 Å². The summed E-state index contributed by atoms with van der Waals surface area (Å²) in [5.41, 5.74) is 0.843. The molecule has 1 aromatic heterocycles. The molecule has 4 nitrogen and oxygen atoms in total. The van der Waals surface area contributed by atoms with E-state index in [2.05, 4.69) is 4.72 Å². The fourth-order valence-electron chi connectivity index (χ4n) is 2.63. The van der Waals surface area contributed by atoms with Crippen molar-refractivity contribution in [2.45, 2.75) is 68.7 Å². The molecule has 1 fully saturated rings. The molecule has 114 valence electrons. The van der Waals surface area contributed by atoms with Crippen molar-refractivity contribution >= 4 is 21.4 Å². The van der Waals surface area contributed by atoms with Gasteiger partial charge in [-0.05, 0) is 31.4 Å². The Labute approximate surface area is 125 Å². The van der Waals surface area contributed by atoms with Gasteiger partial charge in [0, 0.05) is 10.9 Å². The maximum atomic E-state index is 12.4. The molecule has 0 atom stereocenters. The van der Waals surface area contributed by atoms with Crippen molar-refractivity contribution in [3.8, 4) is 0 Å². The molecule has 6 heteroatoms. The highest BCUT2D eigenvalue weighted by atomic mass is 32.2. The van der Waals surface area contributed by atoms with E-state index in [-0.39, 0.29) is 12.6 Å². The molecule has 0 aromatic carbocycles. The van der Waals surface area contributed by atoms with Crippen LogP contribution in [0.2, 0.25) is 0 Å². The van der Waals surface area contributed by atoms with E-state index in [1.54, 1.807) is 6.07 Å². The van der Waals surface area contributed by atoms with Gasteiger partial charge in [0.25, 0.3) is 0 Å². The number of rotatable bonds is 4. The summed E-state index contributed by atoms with van der Waals surface area (Å²) in [5.74, 6) is 0. The fourth-order valence-corrected chi connectivity index (χ4v) is 5.40. The van der Waals surface area contributed by atoms with Gasteiger partial charge >= 0.3 is 0 Å². The van der Waals surface area contributed by atoms with Crippen molar-refractivity contribution < 1.29 is 13.5 Å². The highest BCUT2D eigenvalue weighted by Crippen LogP contribution is 2.27. The summed E-state index contributed by atoms with van der Waals surface area (Å²) in [6.45, 7) is 1.73. The van der Waals surface area contributed by atoms with Gasteiger partial charge in [0.1, 0.15) is 4.21 Å². The van der Waals surface area contributed by atoms with E-state index >= 15 is 0 Å². The second-order valence-electron chi connectivity index (χ2n) is 5.49. The summed E-state index contributed by atoms with van der Waals surface area (Å²) in [4.78, 5) is 0.725. The van der Waals surface area contributed by atoms with Crippen LogP contribution in [0.3, 0.4) is 0 Å². The molecule has 0 aliphatic heterocycles. The lowest BCUT2D eigenvalue weighted by Crippen LogP contribution is -2.34. The summed E-state index contributed by atoms with van der Waals surface area (Å²) in [5, 5.41) is 9.18. The van der Waals surface area contributed by atoms with Gasteiger partial charge in [-0.15, -0.1) is 11.3 Å². The molecule has 2 N–H and O–H groups in total. The molecule has 0 amide bonds. The summed E-state index contributed by atoms with van der Waals surface area (Å²) >= 11 is 1.16. The number of hydrogen-bond acceptors (Lipinski definition) is 4. The van der Waals surface area contributed by atoms with Gasteiger partial charge in [-0.25, -0.2) is 13.1 Å². The highest BCUT2D eigenvalue weighted by Gasteiger charge is 2.23. The second-order valence-corrected chi connectivity index (χ2v) is 8.57. The van der Waals surface area contributed by atoms with Crippen molar-refractivity contribution in [3.05, 3.63) is 16.5 Å². The van der Waals surface area contributed by atoms with Crippen molar-refractivity contribution in [2.75, 3.05) is 0 Å². The third-order valence-corrected chi connectivity index (χ3v) is 7.05. The van der Waals surface area contributed by atoms with Gasteiger partial charge in [0.05, 0.1) is 6.61 Å². The third-order valence-electron chi connectivity index (χ3n) is 3.83. The molecule has 20 heavy (non-hydrogen) atoms. The minimum absolute atomic E-state index is 0.0558. The van der Waals surface area contributed by atoms with E-state index in [1.165, 1.54) is 19.3 Å². The summed E-state index contributed by atoms with van der Waals surface area (Å²) in [7, 11) is -3.44. The van der Waals surface area contributed by atoms with Gasteiger partial charge in [-0.3, -0.25) is 0 Å². The van der Waals surface area contributed by atoms with Crippen LogP contribution in [0.1, 0.15) is 55.4 Å². The minimum Gasteiger partial charge on any atom is -0.391 e. The normalized spacial score (nSPS) is 18.7. The van der Waals surface area contributed by atoms with E-state index in [0.29, 0.717) is 4.21 Å². The molecule has 2 rings (SSSR count). The molecule has 0 spiro atoms. The number of thiophene rings is 1. The number of nitrogens with one attached hydrogen (secondary N) is 1. The van der Waals surface area contributed by atoms with Crippen molar-refractivity contribution in [1.82, 2.24) is 4.72 Å². The summed E-state index contributed by atoms with van der Waals surface area (Å²) in [6.07, 6.45) is 7.71. The fraction of sp³-hybridized carbons (Fsp3) is 0.714. The first-order valence-electron chi connectivity index (χ1n) is 7.25. The zero-order chi connectivity index (χ0) is 14.6. The first-order valence-corrected chi connectivity index (χ1v) is 9.55. The lowest BCUT2D eigenvalue weighted by molar-refractivity contribution is 0.285. The van der Waals surface area contributed by atoms with Crippen LogP contribution in [-0.2, 0) is 16.6 Å². The van der Waals surface area contributed by atoms with Gasteiger partial charge < -0.3 is 5.11 Å². The average Bonchev–Trinajstić information content (AvgIpc) is 2.74. The monoisotopic (exact) mass is 317 g/mol. The van der Waals surface area contributed by atoms with E-state index in [0.717, 1.165) is 47.5 Å². The van der Waals surface area contributed by atoms with Crippen LogP contribution in [0.4, 0.5) is 0 Å². The van der Waals surface area contributed by atoms with Crippen molar-refractivity contribution in [1.29, 1.82) is 0 Å². The van der Waals surface area contributed by atoms with Gasteiger partial charge in [0.2, 0.25) is 10.0 Å². The van der Waals surface area contributed by atoms with E-state index < -0.39 is 10.0 Å². The third kappa shape index (κ3) is 4.04. The SMILES string of the molecule is Cc1cc(S(=O)(=O)NC2CCCCCCC2)sc1CO. The molecule has 1 heterocycles. The quantitative estimate of drug-likeness (QED) is 0.897. The number of aliphatic hydroxyl groups is 1. The summed E-state index contributed by atoms with van der Waals surface area (Å²) in [6, 6.07) is 1.71. The molecule has 1 aliphatic carbocycles. The lowest BCUT2D eigenvalue weighted by Gasteiger charge is -2.20. The first-order chi connectivity index (χ1) is 9.53. The van der Waals surface area contributed by atoms with Crippen LogP contribution in [0.25, 0.3) is 0 Å². The number of aryl methyl sites for hydroxylation is 1. The molecule has 1 saturated carbocycles. The maximum Gasteiger partial charge on any atom is 0.250 e. The predicted octanol–water partition coefficient (Wildman–Crippen LogP) is 2.94. The van der Waals surface area contributed by atoms with E-state index in [4.69, 9.17) is 0 Å². The van der Waals surface area contributed by atoms with Gasteiger partial charge in [0.15, 0.2) is 0 Å². The molecular weight excluding hydrogens is 294 g/mol. The van der Waals surface area contributed by atoms with Gasteiger partial charge in [-0.2, -0.15) is 0 Å². The molecular formula is C14H23NO3S2. The first kappa shape index (κ1) is 15.9. The molecule has 1 aromatic rings. The zero-order valence-corrected chi connectivity index (χ0v) is 13.5. The predicted molar refractivity (Wildman–Crippen MR) is 81.4 cm³/mol. The number of hydrogen-bond donors (Lipinski definition) is 2. The Bertz CT molecular complexity index is 529. The topological polar surface area (TPSA) is 66.4 Å². The Morgan fingerprint density at radius 3 is 2.40 bits per heavy atom.